The number of likely N-dealkylation sites (N-methyl/N-ethyl adjacent to an activating group) is 1. The molecule has 3 amide bonds. The second-order valence-electron chi connectivity index (χ2n) is 11.3. The van der Waals surface area contributed by atoms with Crippen LogP contribution in [0.5, 0.6) is 0 Å². The number of nitrogens with one attached hydrogen (secondary N) is 5. The van der Waals surface area contributed by atoms with Crippen LogP contribution in [0.25, 0.3) is 0 Å². The van der Waals surface area contributed by atoms with E-state index in [-0.39, 0.29) is 11.6 Å². The maximum Gasteiger partial charge on any atom is 0.416 e. The van der Waals surface area contributed by atoms with Gasteiger partial charge in [0, 0.05) is 75.1 Å². The summed E-state index contributed by atoms with van der Waals surface area (Å²) in [5, 5.41) is 13.8. The van der Waals surface area contributed by atoms with Gasteiger partial charge < -0.3 is 31.5 Å². The molecule has 4 aromatic rings. The van der Waals surface area contributed by atoms with Crippen LogP contribution < -0.4 is 26.6 Å². The van der Waals surface area contributed by atoms with E-state index in [4.69, 9.17) is 0 Å². The molecule has 1 aliphatic rings. The lowest BCUT2D eigenvalue weighted by molar-refractivity contribution is -0.137. The summed E-state index contributed by atoms with van der Waals surface area (Å²) >= 11 is 0. The SMILES string of the molecule is CNC(=O)c1cc(Nc2nccc(NCc3ccc(NC(=O)Nc4cc(F)cc(C(F)(F)F)c4)cc3)n2)ccc1CN1CCN(C)CC1. The van der Waals surface area contributed by atoms with Crippen molar-refractivity contribution in [3.8, 4) is 0 Å². The quantitative estimate of drug-likeness (QED) is 0.136. The minimum atomic E-state index is -4.75. The Hall–Kier alpha value is -5.28. The fourth-order valence-corrected chi connectivity index (χ4v) is 5.05. The van der Waals surface area contributed by atoms with Crippen molar-refractivity contribution in [2.24, 2.45) is 0 Å². The monoisotopic (exact) mass is 665 g/mol. The van der Waals surface area contributed by atoms with E-state index in [1.807, 2.05) is 12.1 Å². The van der Waals surface area contributed by atoms with Gasteiger partial charge in [0.1, 0.15) is 11.6 Å². The highest BCUT2D eigenvalue weighted by Crippen LogP contribution is 2.31. The Morgan fingerprint density at radius 2 is 1.58 bits per heavy atom. The number of urea groups is 1. The van der Waals surface area contributed by atoms with Crippen molar-refractivity contribution in [2.75, 3.05) is 61.5 Å². The Bertz CT molecular complexity index is 1740. The van der Waals surface area contributed by atoms with Crippen LogP contribution in [0, 0.1) is 5.82 Å². The molecule has 0 aliphatic carbocycles. The second kappa shape index (κ2) is 15.1. The van der Waals surface area contributed by atoms with Gasteiger partial charge in [-0.3, -0.25) is 9.69 Å². The summed E-state index contributed by atoms with van der Waals surface area (Å²) in [5.74, 6) is -0.418. The topological polar surface area (TPSA) is 127 Å². The Morgan fingerprint density at radius 3 is 2.29 bits per heavy atom. The van der Waals surface area contributed by atoms with E-state index in [1.165, 1.54) is 0 Å². The standard InChI is InChI=1S/C33H35F4N9O2/c1-38-30(47)28-18-26(8-5-22(28)20-46-13-11-45(2)12-14-46)41-31-39-10-9-29(44-31)40-19-21-3-6-25(7-4-21)42-32(48)43-27-16-23(33(35,36)37)15-24(34)17-27/h3-10,15-18H,11-14,19-20H2,1-2H3,(H,38,47)(H2,42,43,48)(H2,39,40,41,44). The van der Waals surface area contributed by atoms with E-state index < -0.39 is 23.6 Å². The maximum absolute atomic E-state index is 13.6. The van der Waals surface area contributed by atoms with E-state index in [0.29, 0.717) is 53.9 Å². The average molecular weight is 666 g/mol. The molecule has 0 spiro atoms. The fourth-order valence-electron chi connectivity index (χ4n) is 5.05. The number of hydrogen-bond donors (Lipinski definition) is 5. The number of carbonyl (C=O) groups is 2. The molecule has 0 bridgehead atoms. The molecule has 5 rings (SSSR count). The smallest absolute Gasteiger partial charge is 0.366 e. The molecule has 3 aromatic carbocycles. The predicted octanol–water partition coefficient (Wildman–Crippen LogP) is 5.74. The van der Waals surface area contributed by atoms with Gasteiger partial charge in [-0.05, 0) is 66.7 Å². The Kier molecular flexibility index (Phi) is 10.7. The van der Waals surface area contributed by atoms with Crippen LogP contribution in [0.3, 0.4) is 0 Å². The van der Waals surface area contributed by atoms with Crippen molar-refractivity contribution in [3.05, 3.63) is 101 Å². The fraction of sp³-hybridized carbons (Fsp3) is 0.273. The van der Waals surface area contributed by atoms with Crippen molar-refractivity contribution in [3.63, 3.8) is 0 Å². The normalized spacial score (nSPS) is 13.9. The molecule has 1 aliphatic heterocycles. The van der Waals surface area contributed by atoms with Gasteiger partial charge in [0.05, 0.1) is 5.56 Å². The van der Waals surface area contributed by atoms with Crippen molar-refractivity contribution in [1.29, 1.82) is 0 Å². The lowest BCUT2D eigenvalue weighted by Crippen LogP contribution is -2.44. The van der Waals surface area contributed by atoms with Crippen molar-refractivity contribution >= 4 is 40.8 Å². The van der Waals surface area contributed by atoms with Crippen molar-refractivity contribution in [1.82, 2.24) is 25.1 Å². The molecule has 15 heteroatoms. The Labute approximate surface area is 274 Å². The number of hydrogen-bond acceptors (Lipinski definition) is 8. The van der Waals surface area contributed by atoms with Crippen molar-refractivity contribution < 1.29 is 27.2 Å². The molecule has 1 fully saturated rings. The summed E-state index contributed by atoms with van der Waals surface area (Å²) in [5.41, 5.74) is 1.87. The molecule has 1 saturated heterocycles. The van der Waals surface area contributed by atoms with Gasteiger partial charge in [-0.2, -0.15) is 18.2 Å². The molecular weight excluding hydrogens is 630 g/mol. The predicted molar refractivity (Wildman–Crippen MR) is 176 cm³/mol. The first-order chi connectivity index (χ1) is 22.9. The Morgan fingerprint density at radius 1 is 0.875 bits per heavy atom. The first-order valence-corrected chi connectivity index (χ1v) is 15.1. The van der Waals surface area contributed by atoms with Gasteiger partial charge in [-0.25, -0.2) is 14.2 Å². The number of aromatic nitrogens is 2. The molecule has 0 radical (unpaired) electrons. The summed E-state index contributed by atoms with van der Waals surface area (Å²) in [6, 6.07) is 15.1. The van der Waals surface area contributed by atoms with Crippen LogP contribution in [0.2, 0.25) is 0 Å². The third kappa shape index (κ3) is 9.39. The molecule has 0 saturated carbocycles. The summed E-state index contributed by atoms with van der Waals surface area (Å²) in [6.45, 7) is 4.90. The van der Waals surface area contributed by atoms with E-state index >= 15 is 0 Å². The number of nitrogens with zero attached hydrogens (tertiary/aromatic N) is 4. The highest BCUT2D eigenvalue weighted by atomic mass is 19.4. The maximum atomic E-state index is 13.6. The first kappa shape index (κ1) is 34.1. The minimum absolute atomic E-state index is 0.174. The molecule has 0 atom stereocenters. The summed E-state index contributed by atoms with van der Waals surface area (Å²) in [7, 11) is 3.71. The lowest BCUT2D eigenvalue weighted by Gasteiger charge is -2.32. The molecule has 48 heavy (non-hydrogen) atoms. The van der Waals surface area contributed by atoms with E-state index in [2.05, 4.69) is 53.4 Å². The van der Waals surface area contributed by atoms with Crippen LogP contribution in [-0.4, -0.2) is 72.0 Å². The van der Waals surface area contributed by atoms with E-state index in [1.54, 1.807) is 49.6 Å². The van der Waals surface area contributed by atoms with Gasteiger partial charge >= 0.3 is 12.2 Å². The van der Waals surface area contributed by atoms with Crippen molar-refractivity contribution in [2.45, 2.75) is 19.3 Å². The third-order valence-corrected chi connectivity index (χ3v) is 7.65. The summed E-state index contributed by atoms with van der Waals surface area (Å²) < 4.78 is 52.5. The Balaban J connectivity index is 1.16. The highest BCUT2D eigenvalue weighted by Gasteiger charge is 2.31. The number of carbonyl (C=O) groups excluding carboxylic acids is 2. The molecule has 5 N–H and O–H groups in total. The molecule has 252 valence electrons. The molecule has 11 nitrogen and oxygen atoms in total. The van der Waals surface area contributed by atoms with Gasteiger partial charge in [0.2, 0.25) is 5.95 Å². The van der Waals surface area contributed by atoms with Crippen LogP contribution in [-0.2, 0) is 19.3 Å². The highest BCUT2D eigenvalue weighted by molar-refractivity contribution is 5.99. The summed E-state index contributed by atoms with van der Waals surface area (Å²) in [4.78, 5) is 38.5. The second-order valence-corrected chi connectivity index (χ2v) is 11.3. The zero-order valence-electron chi connectivity index (χ0n) is 26.3. The van der Waals surface area contributed by atoms with Crippen LogP contribution in [0.4, 0.5) is 51.2 Å². The third-order valence-electron chi connectivity index (χ3n) is 7.65. The zero-order chi connectivity index (χ0) is 34.3. The first-order valence-electron chi connectivity index (χ1n) is 15.1. The number of piperazine rings is 1. The molecule has 2 heterocycles. The van der Waals surface area contributed by atoms with Gasteiger partial charge in [0.15, 0.2) is 0 Å². The van der Waals surface area contributed by atoms with Gasteiger partial charge in [0.25, 0.3) is 5.91 Å². The number of alkyl halides is 3. The lowest BCUT2D eigenvalue weighted by atomic mass is 10.0. The molecular formula is C33H35F4N9O2. The average Bonchev–Trinajstić information content (AvgIpc) is 3.05. The van der Waals surface area contributed by atoms with E-state index in [9.17, 15) is 27.2 Å². The summed E-state index contributed by atoms with van der Waals surface area (Å²) in [6.07, 6.45) is -3.15. The number of rotatable bonds is 10. The number of anilines is 5. The minimum Gasteiger partial charge on any atom is -0.366 e. The molecule has 1 aromatic heterocycles. The van der Waals surface area contributed by atoms with Crippen LogP contribution in [0.1, 0.15) is 27.0 Å². The van der Waals surface area contributed by atoms with Crippen LogP contribution >= 0.6 is 0 Å². The largest absolute Gasteiger partial charge is 0.416 e. The number of amides is 3. The number of benzene rings is 3. The number of halogens is 4. The molecule has 0 unspecified atom stereocenters. The zero-order valence-corrected chi connectivity index (χ0v) is 26.3. The van der Waals surface area contributed by atoms with Gasteiger partial charge in [-0.1, -0.05) is 18.2 Å². The van der Waals surface area contributed by atoms with E-state index in [0.717, 1.165) is 43.4 Å². The van der Waals surface area contributed by atoms with Crippen LogP contribution in [0.15, 0.2) is 72.9 Å². The van der Waals surface area contributed by atoms with Gasteiger partial charge in [-0.15, -0.1) is 0 Å².